The zero-order chi connectivity index (χ0) is 33.7. The number of ether oxygens (including phenoxy) is 4. The van der Waals surface area contributed by atoms with Crippen molar-refractivity contribution < 1.29 is 42.9 Å². The molecular formula is C32H31NO9S4. The quantitative estimate of drug-likeness (QED) is 0.278. The number of carbonyl (C=O) groups excluding carboxylic acids is 5. The normalized spacial score (nSPS) is 17.9. The Morgan fingerprint density at radius 2 is 1.33 bits per heavy atom. The van der Waals surface area contributed by atoms with Crippen molar-refractivity contribution in [2.75, 3.05) is 33.3 Å². The summed E-state index contributed by atoms with van der Waals surface area (Å²) in [5.41, 5.74) is 2.37. The molecule has 242 valence electrons. The maximum Gasteiger partial charge on any atom is 0.345 e. The highest BCUT2D eigenvalue weighted by Gasteiger charge is 2.61. The van der Waals surface area contributed by atoms with Crippen molar-refractivity contribution in [3.8, 4) is 0 Å². The van der Waals surface area contributed by atoms with E-state index in [1.54, 1.807) is 4.90 Å². The molecule has 3 aliphatic rings. The largest absolute Gasteiger partial charge is 0.466 e. The number of esters is 4. The van der Waals surface area contributed by atoms with Gasteiger partial charge in [-0.1, -0.05) is 41.4 Å². The van der Waals surface area contributed by atoms with Crippen molar-refractivity contribution in [3.63, 3.8) is 0 Å². The number of aryl methyl sites for hydroxylation is 2. The molecule has 0 radical (unpaired) electrons. The first-order valence-electron chi connectivity index (χ1n) is 13.9. The fraction of sp³-hybridized carbons (Fsp3) is 0.344. The van der Waals surface area contributed by atoms with Crippen LogP contribution in [0.2, 0.25) is 0 Å². The van der Waals surface area contributed by atoms with Crippen LogP contribution in [0.5, 0.6) is 0 Å². The van der Waals surface area contributed by atoms with Crippen LogP contribution < -0.4 is 4.90 Å². The summed E-state index contributed by atoms with van der Waals surface area (Å²) in [6.45, 7) is 7.61. The average Bonchev–Trinajstić information content (AvgIpc) is 3.69. The van der Waals surface area contributed by atoms with Crippen molar-refractivity contribution >= 4 is 87.7 Å². The lowest BCUT2D eigenvalue weighted by Crippen LogP contribution is -2.54. The highest BCUT2D eigenvalue weighted by Crippen LogP contribution is 2.71. The van der Waals surface area contributed by atoms with Gasteiger partial charge in [0.1, 0.15) is 18.8 Å². The molecule has 0 unspecified atom stereocenters. The van der Waals surface area contributed by atoms with Gasteiger partial charge in [-0.3, -0.25) is 4.79 Å². The molecular weight excluding hydrogens is 671 g/mol. The third-order valence-corrected chi connectivity index (χ3v) is 13.4. The molecule has 1 spiro atoms. The van der Waals surface area contributed by atoms with Crippen LogP contribution in [0.25, 0.3) is 5.57 Å². The van der Waals surface area contributed by atoms with E-state index in [1.165, 1.54) is 39.8 Å². The summed E-state index contributed by atoms with van der Waals surface area (Å²) in [6.07, 6.45) is 0.142. The first kappa shape index (κ1) is 33.9. The van der Waals surface area contributed by atoms with Crippen molar-refractivity contribution in [2.24, 2.45) is 0 Å². The fourth-order valence-electron chi connectivity index (χ4n) is 5.66. The summed E-state index contributed by atoms with van der Waals surface area (Å²) in [6, 6.07) is 7.64. The topological polar surface area (TPSA) is 126 Å². The molecule has 0 aliphatic carbocycles. The fourth-order valence-corrected chi connectivity index (χ4v) is 11.4. The van der Waals surface area contributed by atoms with Gasteiger partial charge in [0.2, 0.25) is 5.91 Å². The Bertz CT molecular complexity index is 1760. The smallest absolute Gasteiger partial charge is 0.345 e. The minimum absolute atomic E-state index is 0.0885. The van der Waals surface area contributed by atoms with Crippen molar-refractivity contribution in [1.82, 2.24) is 0 Å². The van der Waals surface area contributed by atoms with Crippen LogP contribution in [-0.4, -0.2) is 67.8 Å². The van der Waals surface area contributed by atoms with E-state index < -0.39 is 33.5 Å². The van der Waals surface area contributed by atoms with Crippen LogP contribution in [-0.2, 0) is 49.3 Å². The van der Waals surface area contributed by atoms with Gasteiger partial charge in [0.05, 0.1) is 51.7 Å². The van der Waals surface area contributed by atoms with Gasteiger partial charge in [0, 0.05) is 20.9 Å². The molecule has 5 rings (SSSR count). The summed E-state index contributed by atoms with van der Waals surface area (Å²) >= 11 is 4.30. The molecule has 4 heterocycles. The van der Waals surface area contributed by atoms with E-state index in [0.717, 1.165) is 51.3 Å². The van der Waals surface area contributed by atoms with Gasteiger partial charge in [-0.25, -0.2) is 19.2 Å². The van der Waals surface area contributed by atoms with Gasteiger partial charge in [-0.2, -0.15) is 0 Å². The Morgan fingerprint density at radius 1 is 0.783 bits per heavy atom. The Hall–Kier alpha value is -3.46. The Morgan fingerprint density at radius 3 is 1.85 bits per heavy atom. The molecule has 0 saturated heterocycles. The van der Waals surface area contributed by atoms with E-state index in [-0.39, 0.29) is 32.6 Å². The van der Waals surface area contributed by atoms with Gasteiger partial charge >= 0.3 is 23.9 Å². The summed E-state index contributed by atoms with van der Waals surface area (Å²) in [7, 11) is 4.74. The minimum atomic E-state index is -1.62. The molecule has 0 saturated carbocycles. The molecule has 2 aromatic rings. The first-order valence-corrected chi connectivity index (χ1v) is 17.2. The van der Waals surface area contributed by atoms with E-state index in [4.69, 9.17) is 18.9 Å². The minimum Gasteiger partial charge on any atom is -0.466 e. The Balaban J connectivity index is 1.88. The number of rotatable bonds is 6. The third-order valence-electron chi connectivity index (χ3n) is 7.91. The van der Waals surface area contributed by atoms with Crippen LogP contribution in [0.15, 0.2) is 54.8 Å². The second-order valence-electron chi connectivity index (χ2n) is 11.0. The van der Waals surface area contributed by atoms with E-state index in [9.17, 15) is 24.0 Å². The number of anilines is 1. The summed E-state index contributed by atoms with van der Waals surface area (Å²) in [5, 5.41) is 1.91. The molecule has 0 N–H and O–H groups in total. The van der Waals surface area contributed by atoms with E-state index >= 15 is 0 Å². The number of hydrogen-bond acceptors (Lipinski definition) is 13. The molecule has 14 heteroatoms. The summed E-state index contributed by atoms with van der Waals surface area (Å²) in [5.74, 6) is -3.48. The SMILES string of the molecule is COC(=O)C1=C(C(=O)OC)SC2(S1)C(C(=O)OC)=C(C(=O)OC)SC1=C2c2cc(C)c(C)cc2N(C(=O)Cc2cccs2)C1(C)C. The van der Waals surface area contributed by atoms with Gasteiger partial charge in [0.25, 0.3) is 0 Å². The van der Waals surface area contributed by atoms with Gasteiger partial charge < -0.3 is 23.8 Å². The number of thioether (sulfide) groups is 3. The second-order valence-corrected chi connectivity index (χ2v) is 15.7. The second kappa shape index (κ2) is 12.6. The molecule has 0 bridgehead atoms. The zero-order valence-corrected chi connectivity index (χ0v) is 29.6. The highest BCUT2D eigenvalue weighted by molar-refractivity contribution is 8.26. The van der Waals surface area contributed by atoms with Crippen LogP contribution in [0.3, 0.4) is 0 Å². The molecule has 0 atom stereocenters. The van der Waals surface area contributed by atoms with Gasteiger partial charge in [0.15, 0.2) is 0 Å². The first-order chi connectivity index (χ1) is 21.8. The third kappa shape index (κ3) is 5.28. The highest BCUT2D eigenvalue weighted by atomic mass is 32.2. The van der Waals surface area contributed by atoms with Crippen molar-refractivity contribution in [1.29, 1.82) is 0 Å². The molecule has 10 nitrogen and oxygen atoms in total. The number of benzene rings is 1. The van der Waals surface area contributed by atoms with Gasteiger partial charge in [-0.15, -0.1) is 11.3 Å². The van der Waals surface area contributed by atoms with Crippen molar-refractivity contribution in [3.05, 3.63) is 76.4 Å². The maximum absolute atomic E-state index is 14.3. The molecule has 0 fully saturated rings. The number of carbonyl (C=O) groups is 5. The number of amides is 1. The maximum atomic E-state index is 14.3. The van der Waals surface area contributed by atoms with Crippen LogP contribution in [0.1, 0.15) is 35.4 Å². The number of hydrogen-bond donors (Lipinski definition) is 0. The predicted molar refractivity (Wildman–Crippen MR) is 180 cm³/mol. The zero-order valence-electron chi connectivity index (χ0n) is 26.3. The lowest BCUT2D eigenvalue weighted by atomic mass is 9.82. The molecule has 1 aromatic heterocycles. The summed E-state index contributed by atoms with van der Waals surface area (Å²) in [4.78, 5) is 70.9. The Kier molecular flexibility index (Phi) is 9.30. The van der Waals surface area contributed by atoms with Crippen molar-refractivity contribution in [2.45, 2.75) is 43.7 Å². The van der Waals surface area contributed by atoms with E-state index in [0.29, 0.717) is 21.7 Å². The van der Waals surface area contributed by atoms with Crippen LogP contribution in [0.4, 0.5) is 5.69 Å². The lowest BCUT2D eigenvalue weighted by molar-refractivity contribution is -0.138. The number of thiophene rings is 1. The predicted octanol–water partition coefficient (Wildman–Crippen LogP) is 5.52. The van der Waals surface area contributed by atoms with E-state index in [2.05, 4.69) is 0 Å². The number of fused-ring (bicyclic) bond motifs is 3. The summed E-state index contributed by atoms with van der Waals surface area (Å²) < 4.78 is 18.9. The van der Waals surface area contributed by atoms with Gasteiger partial charge in [-0.05, 0) is 62.4 Å². The monoisotopic (exact) mass is 701 g/mol. The van der Waals surface area contributed by atoms with Crippen LogP contribution >= 0.6 is 46.6 Å². The van der Waals surface area contributed by atoms with Crippen LogP contribution in [0, 0.1) is 13.8 Å². The average molecular weight is 702 g/mol. The molecule has 46 heavy (non-hydrogen) atoms. The molecule has 1 amide bonds. The Labute approximate surface area is 282 Å². The number of methoxy groups -OCH3 is 4. The lowest BCUT2D eigenvalue weighted by Gasteiger charge is -2.51. The molecule has 3 aliphatic heterocycles. The standard InChI is InChI=1S/C32H31NO9S4/c1-15-12-18-19(13-16(15)2)33(20(34)14-17-10-9-11-43-17)31(3,4)26-21(18)32(22(27(35)39-5)23(44-26)28(36)40-6)45-24(29(37)41-7)25(46-32)30(38)42-8/h9-13H,14H2,1-8H3. The van der Waals surface area contributed by atoms with E-state index in [1.807, 2.05) is 57.3 Å². The molecule has 1 aromatic carbocycles. The number of nitrogens with zero attached hydrogens (tertiary/aromatic N) is 1.